The third-order valence-electron chi connectivity index (χ3n) is 15.3. The molecule has 450 valence electrons. The maximum atomic E-state index is 12.9. The van der Waals surface area contributed by atoms with Gasteiger partial charge in [-0.05, 0) is 83.5 Å². The molecule has 77 heavy (non-hydrogen) atoms. The lowest BCUT2D eigenvalue weighted by atomic mass is 10.0. The monoisotopic (exact) mass is 1080 g/mol. The molecule has 0 saturated heterocycles. The van der Waals surface area contributed by atoms with Crippen LogP contribution in [0.3, 0.4) is 0 Å². The maximum Gasteiger partial charge on any atom is 0.306 e. The van der Waals surface area contributed by atoms with Gasteiger partial charge in [-0.2, -0.15) is 0 Å². The number of unbranched alkanes of at least 4 members (excludes halogenated alkanes) is 44. The van der Waals surface area contributed by atoms with Gasteiger partial charge < -0.3 is 14.2 Å². The zero-order chi connectivity index (χ0) is 55.7. The summed E-state index contributed by atoms with van der Waals surface area (Å²) in [5.41, 5.74) is 0. The molecular formula is C71H130O6. The number of allylic oxidation sites excluding steroid dienone is 8. The highest BCUT2D eigenvalue weighted by atomic mass is 16.6. The molecule has 6 heteroatoms. The second-order valence-corrected chi connectivity index (χ2v) is 23.1. The second-order valence-electron chi connectivity index (χ2n) is 23.1. The van der Waals surface area contributed by atoms with E-state index in [0.717, 1.165) is 77.0 Å². The van der Waals surface area contributed by atoms with Crippen molar-refractivity contribution in [3.63, 3.8) is 0 Å². The third kappa shape index (κ3) is 64.1. The Bertz CT molecular complexity index is 1330. The molecule has 0 aliphatic carbocycles. The van der Waals surface area contributed by atoms with Crippen LogP contribution in [0.5, 0.6) is 0 Å². The van der Waals surface area contributed by atoms with Gasteiger partial charge >= 0.3 is 17.9 Å². The van der Waals surface area contributed by atoms with Crippen molar-refractivity contribution in [2.24, 2.45) is 0 Å². The van der Waals surface area contributed by atoms with Gasteiger partial charge in [0.1, 0.15) is 13.2 Å². The molecule has 0 amide bonds. The molecule has 0 aromatic rings. The molecule has 0 aromatic heterocycles. The lowest BCUT2D eigenvalue weighted by Gasteiger charge is -2.18. The summed E-state index contributed by atoms with van der Waals surface area (Å²) in [4.78, 5) is 38.2. The average Bonchev–Trinajstić information content (AvgIpc) is 3.43. The van der Waals surface area contributed by atoms with Gasteiger partial charge in [0.2, 0.25) is 0 Å². The Morgan fingerprint density at radius 1 is 0.260 bits per heavy atom. The van der Waals surface area contributed by atoms with Crippen LogP contribution in [0, 0.1) is 0 Å². The Balaban J connectivity index is 4.08. The van der Waals surface area contributed by atoms with Gasteiger partial charge in [0.15, 0.2) is 6.10 Å². The molecule has 0 bridgehead atoms. The molecule has 1 unspecified atom stereocenters. The van der Waals surface area contributed by atoms with E-state index in [4.69, 9.17) is 14.2 Å². The number of carbonyl (C=O) groups excluding carboxylic acids is 3. The van der Waals surface area contributed by atoms with E-state index in [1.807, 2.05) is 0 Å². The summed E-state index contributed by atoms with van der Waals surface area (Å²) in [7, 11) is 0. The van der Waals surface area contributed by atoms with E-state index in [0.29, 0.717) is 19.3 Å². The summed E-state index contributed by atoms with van der Waals surface area (Å²) in [6, 6.07) is 0. The molecule has 0 aliphatic heterocycles. The number of ether oxygens (including phenoxy) is 3. The largest absolute Gasteiger partial charge is 0.462 e. The first kappa shape index (κ1) is 74.4. The van der Waals surface area contributed by atoms with E-state index in [1.54, 1.807) is 0 Å². The van der Waals surface area contributed by atoms with Crippen molar-refractivity contribution in [1.82, 2.24) is 0 Å². The van der Waals surface area contributed by atoms with Crippen molar-refractivity contribution in [3.8, 4) is 0 Å². The number of hydrogen-bond donors (Lipinski definition) is 0. The number of esters is 3. The summed E-state index contributed by atoms with van der Waals surface area (Å²) in [6.07, 6.45) is 82.9. The molecule has 0 saturated carbocycles. The van der Waals surface area contributed by atoms with Gasteiger partial charge in [-0.3, -0.25) is 14.4 Å². The minimum atomic E-state index is -0.773. The van der Waals surface area contributed by atoms with Crippen LogP contribution in [0.1, 0.15) is 367 Å². The van der Waals surface area contributed by atoms with Gasteiger partial charge in [0, 0.05) is 19.3 Å². The molecule has 6 nitrogen and oxygen atoms in total. The maximum absolute atomic E-state index is 12.9. The number of hydrogen-bond acceptors (Lipinski definition) is 6. The molecule has 0 aliphatic rings. The molecule has 1 atom stereocenters. The first-order valence-electron chi connectivity index (χ1n) is 34.1. The SMILES string of the molecule is CCCCCCC/C=C\C/C=C\C/C=C\CCCCCCCCCCCCCCCCCCCCC(=O)OCC(COC(=O)CCCCCCCCCCCCC)OC(=O)CCCCCCC/C=C\CCCCCCCC. The van der Waals surface area contributed by atoms with Crippen LogP contribution >= 0.6 is 0 Å². The lowest BCUT2D eigenvalue weighted by molar-refractivity contribution is -0.167. The first-order valence-corrected chi connectivity index (χ1v) is 34.1. The van der Waals surface area contributed by atoms with Crippen LogP contribution in [0.25, 0.3) is 0 Å². The van der Waals surface area contributed by atoms with E-state index < -0.39 is 6.10 Å². The fourth-order valence-electron chi connectivity index (χ4n) is 10.2. The number of carbonyl (C=O) groups is 3. The molecule has 0 spiro atoms. The van der Waals surface area contributed by atoms with Crippen LogP contribution in [-0.2, 0) is 28.6 Å². The normalized spacial score (nSPS) is 12.3. The highest BCUT2D eigenvalue weighted by molar-refractivity contribution is 5.71. The summed E-state index contributed by atoms with van der Waals surface area (Å²) >= 11 is 0. The van der Waals surface area contributed by atoms with E-state index in [1.165, 1.54) is 250 Å². The second kappa shape index (κ2) is 65.9. The number of rotatable bonds is 63. The molecular weight excluding hydrogens is 949 g/mol. The van der Waals surface area contributed by atoms with Gasteiger partial charge in [-0.15, -0.1) is 0 Å². The first-order chi connectivity index (χ1) is 38.0. The Hall–Kier alpha value is -2.63. The molecule has 0 fully saturated rings. The van der Waals surface area contributed by atoms with Crippen molar-refractivity contribution < 1.29 is 28.6 Å². The lowest BCUT2D eigenvalue weighted by Crippen LogP contribution is -2.30. The van der Waals surface area contributed by atoms with Crippen molar-refractivity contribution >= 4 is 17.9 Å². The predicted octanol–water partition coefficient (Wildman–Crippen LogP) is 23.3. The smallest absolute Gasteiger partial charge is 0.306 e. The zero-order valence-corrected chi connectivity index (χ0v) is 51.7. The molecule has 0 heterocycles. The fraction of sp³-hybridized carbons (Fsp3) is 0.845. The Morgan fingerprint density at radius 2 is 0.468 bits per heavy atom. The van der Waals surface area contributed by atoms with Crippen molar-refractivity contribution in [2.45, 2.75) is 374 Å². The summed E-state index contributed by atoms with van der Waals surface area (Å²) in [5, 5.41) is 0. The van der Waals surface area contributed by atoms with Crippen molar-refractivity contribution in [1.29, 1.82) is 0 Å². The third-order valence-corrected chi connectivity index (χ3v) is 15.3. The summed E-state index contributed by atoms with van der Waals surface area (Å²) in [6.45, 7) is 6.66. The van der Waals surface area contributed by atoms with Gasteiger partial charge in [0.25, 0.3) is 0 Å². The van der Waals surface area contributed by atoms with Crippen LogP contribution in [0.4, 0.5) is 0 Å². The van der Waals surface area contributed by atoms with E-state index in [-0.39, 0.29) is 31.1 Å². The summed E-state index contributed by atoms with van der Waals surface area (Å²) in [5.74, 6) is -0.858. The molecule has 0 radical (unpaired) electrons. The minimum absolute atomic E-state index is 0.0710. The minimum Gasteiger partial charge on any atom is -0.462 e. The van der Waals surface area contributed by atoms with Gasteiger partial charge in [-0.1, -0.05) is 313 Å². The van der Waals surface area contributed by atoms with Crippen molar-refractivity contribution in [2.75, 3.05) is 13.2 Å². The Morgan fingerprint density at radius 3 is 0.740 bits per heavy atom. The van der Waals surface area contributed by atoms with E-state index >= 15 is 0 Å². The van der Waals surface area contributed by atoms with Gasteiger partial charge in [-0.25, -0.2) is 0 Å². The Kier molecular flexibility index (Phi) is 63.6. The van der Waals surface area contributed by atoms with Crippen molar-refractivity contribution in [3.05, 3.63) is 48.6 Å². The van der Waals surface area contributed by atoms with Gasteiger partial charge in [0.05, 0.1) is 0 Å². The highest BCUT2D eigenvalue weighted by Crippen LogP contribution is 2.18. The fourth-order valence-corrected chi connectivity index (χ4v) is 10.2. The average molecular weight is 1080 g/mol. The highest BCUT2D eigenvalue weighted by Gasteiger charge is 2.19. The quantitative estimate of drug-likeness (QED) is 0.0261. The standard InChI is InChI=1S/C71H130O6/c1-4-7-10-13-16-19-22-24-26-27-28-29-30-31-32-33-34-35-36-37-38-39-40-41-42-43-45-46-49-52-55-58-61-64-70(73)76-67-68(66-75-69(72)63-60-57-54-51-48-21-18-15-12-9-6-3)77-71(74)65-62-59-56-53-50-47-44-25-23-20-17-14-11-8-5-2/h22,24-25,27-28,30-31,44,68H,4-21,23,26,29,32-43,45-67H2,1-3H3/b24-22-,28-27-,31-30-,44-25-. The van der Waals surface area contributed by atoms with Crippen LogP contribution in [0.2, 0.25) is 0 Å². The Labute approximate surface area is 479 Å². The topological polar surface area (TPSA) is 78.9 Å². The zero-order valence-electron chi connectivity index (χ0n) is 51.7. The molecule has 0 rings (SSSR count). The molecule has 0 N–H and O–H groups in total. The van der Waals surface area contributed by atoms with E-state index in [2.05, 4.69) is 69.4 Å². The predicted molar refractivity (Wildman–Crippen MR) is 335 cm³/mol. The molecule has 0 aromatic carbocycles. The van der Waals surface area contributed by atoms with Crippen LogP contribution < -0.4 is 0 Å². The summed E-state index contributed by atoms with van der Waals surface area (Å²) < 4.78 is 16.9. The van der Waals surface area contributed by atoms with E-state index in [9.17, 15) is 14.4 Å². The van der Waals surface area contributed by atoms with Crippen LogP contribution in [-0.4, -0.2) is 37.2 Å². The van der Waals surface area contributed by atoms with Crippen LogP contribution in [0.15, 0.2) is 48.6 Å².